The zero-order chi connectivity index (χ0) is 10.0. The van der Waals surface area contributed by atoms with E-state index >= 15 is 0 Å². The molecule has 1 aliphatic heterocycles. The summed E-state index contributed by atoms with van der Waals surface area (Å²) in [5.41, 5.74) is 6.36. The summed E-state index contributed by atoms with van der Waals surface area (Å²) >= 11 is 0. The van der Waals surface area contributed by atoms with Gasteiger partial charge in [0.15, 0.2) is 0 Å². The highest BCUT2D eigenvalue weighted by atomic mass is 15.1. The largest absolute Gasteiger partial charge is 0.330 e. The Balaban J connectivity index is 1.80. The van der Waals surface area contributed by atoms with Crippen LogP contribution in [0.4, 0.5) is 0 Å². The molecule has 2 rings (SSSR count). The molecule has 0 aromatic heterocycles. The highest BCUT2D eigenvalue weighted by Gasteiger charge is 2.42. The normalized spacial score (nSPS) is 32.6. The topological polar surface area (TPSA) is 29.3 Å². The van der Waals surface area contributed by atoms with Gasteiger partial charge in [0.1, 0.15) is 0 Å². The predicted octanol–water partition coefficient (Wildman–Crippen LogP) is 1.85. The van der Waals surface area contributed by atoms with Gasteiger partial charge in [-0.3, -0.25) is 0 Å². The molecule has 0 radical (unpaired) electrons. The predicted molar refractivity (Wildman–Crippen MR) is 60.2 cm³/mol. The van der Waals surface area contributed by atoms with Crippen LogP contribution in [0.3, 0.4) is 0 Å². The van der Waals surface area contributed by atoms with Crippen molar-refractivity contribution in [3.63, 3.8) is 0 Å². The lowest BCUT2D eigenvalue weighted by Crippen LogP contribution is -2.34. The molecule has 2 fully saturated rings. The lowest BCUT2D eigenvalue weighted by molar-refractivity contribution is 0.228. The maximum absolute atomic E-state index is 5.83. The number of nitrogens with two attached hydrogens (primary N) is 1. The van der Waals surface area contributed by atoms with E-state index in [-0.39, 0.29) is 0 Å². The molecule has 1 atom stereocenters. The van der Waals surface area contributed by atoms with E-state index in [1.54, 1.807) is 0 Å². The van der Waals surface area contributed by atoms with Crippen LogP contribution < -0.4 is 5.73 Å². The lowest BCUT2D eigenvalue weighted by atomic mass is 10.0. The monoisotopic (exact) mass is 196 g/mol. The Morgan fingerprint density at radius 2 is 2.07 bits per heavy atom. The second kappa shape index (κ2) is 4.19. The zero-order valence-electron chi connectivity index (χ0n) is 9.47. The molecule has 2 nitrogen and oxygen atoms in total. The van der Waals surface area contributed by atoms with Crippen LogP contribution in [0, 0.1) is 11.3 Å². The first-order valence-corrected chi connectivity index (χ1v) is 6.16. The molecule has 2 N–H and O–H groups in total. The average molecular weight is 196 g/mol. The number of nitrogens with zero attached hydrogens (tertiary/aromatic N) is 1. The van der Waals surface area contributed by atoms with Gasteiger partial charge >= 0.3 is 0 Å². The van der Waals surface area contributed by atoms with Gasteiger partial charge in [0.05, 0.1) is 0 Å². The molecule has 1 saturated heterocycles. The number of hydrogen-bond donors (Lipinski definition) is 1. The standard InChI is InChI=1S/C12H24N2/c1-11-3-2-7-14(8-4-11)10-12(9-13)5-6-12/h11H,2-10,13H2,1H3. The fraction of sp³-hybridized carbons (Fsp3) is 1.00. The van der Waals surface area contributed by atoms with Gasteiger partial charge in [0.25, 0.3) is 0 Å². The number of rotatable bonds is 3. The molecule has 0 amide bonds. The van der Waals surface area contributed by atoms with Crippen molar-refractivity contribution in [3.8, 4) is 0 Å². The van der Waals surface area contributed by atoms with Crippen LogP contribution in [0.15, 0.2) is 0 Å². The molecule has 82 valence electrons. The SMILES string of the molecule is CC1CCCN(CC2(CN)CC2)CC1. The fourth-order valence-electron chi connectivity index (χ4n) is 2.56. The maximum atomic E-state index is 5.83. The minimum absolute atomic E-state index is 0.535. The summed E-state index contributed by atoms with van der Waals surface area (Å²) in [6, 6.07) is 0. The third kappa shape index (κ3) is 2.48. The van der Waals surface area contributed by atoms with Gasteiger partial charge in [0, 0.05) is 6.54 Å². The van der Waals surface area contributed by atoms with Crippen molar-refractivity contribution in [2.45, 2.75) is 39.0 Å². The van der Waals surface area contributed by atoms with Crippen molar-refractivity contribution in [1.82, 2.24) is 4.90 Å². The molecule has 1 aliphatic carbocycles. The van der Waals surface area contributed by atoms with E-state index in [0.29, 0.717) is 5.41 Å². The Labute approximate surface area is 87.8 Å². The summed E-state index contributed by atoms with van der Waals surface area (Å²) in [5.74, 6) is 0.938. The second-order valence-corrected chi connectivity index (χ2v) is 5.52. The molecule has 1 saturated carbocycles. The first-order chi connectivity index (χ1) is 6.74. The second-order valence-electron chi connectivity index (χ2n) is 5.52. The third-order valence-electron chi connectivity index (χ3n) is 4.06. The molecule has 0 spiro atoms. The molecule has 0 aromatic rings. The van der Waals surface area contributed by atoms with Gasteiger partial charge in [-0.2, -0.15) is 0 Å². The van der Waals surface area contributed by atoms with Gasteiger partial charge in [-0.25, -0.2) is 0 Å². The zero-order valence-corrected chi connectivity index (χ0v) is 9.47. The molecule has 1 unspecified atom stereocenters. The molecule has 1 heterocycles. The van der Waals surface area contributed by atoms with E-state index in [4.69, 9.17) is 5.73 Å². The molecular weight excluding hydrogens is 172 g/mol. The van der Waals surface area contributed by atoms with Crippen LogP contribution in [0.5, 0.6) is 0 Å². The van der Waals surface area contributed by atoms with Crippen molar-refractivity contribution in [2.75, 3.05) is 26.2 Å². The summed E-state index contributed by atoms with van der Waals surface area (Å²) in [4.78, 5) is 2.66. The minimum Gasteiger partial charge on any atom is -0.330 e. The highest BCUT2D eigenvalue weighted by molar-refractivity contribution is 4.96. The highest BCUT2D eigenvalue weighted by Crippen LogP contribution is 2.45. The summed E-state index contributed by atoms with van der Waals surface area (Å²) in [6.45, 7) is 7.18. The van der Waals surface area contributed by atoms with Crippen LogP contribution in [0.25, 0.3) is 0 Å². The molecular formula is C12H24N2. The quantitative estimate of drug-likeness (QED) is 0.746. The van der Waals surface area contributed by atoms with Gasteiger partial charge in [-0.1, -0.05) is 6.92 Å². The fourth-order valence-corrected chi connectivity index (χ4v) is 2.56. The van der Waals surface area contributed by atoms with Gasteiger partial charge < -0.3 is 10.6 Å². The Morgan fingerprint density at radius 3 is 2.71 bits per heavy atom. The van der Waals surface area contributed by atoms with Crippen LogP contribution in [-0.4, -0.2) is 31.1 Å². The van der Waals surface area contributed by atoms with E-state index in [2.05, 4.69) is 11.8 Å². The van der Waals surface area contributed by atoms with E-state index in [1.807, 2.05) is 0 Å². The van der Waals surface area contributed by atoms with Gasteiger partial charge in [-0.15, -0.1) is 0 Å². The van der Waals surface area contributed by atoms with Crippen LogP contribution in [0.2, 0.25) is 0 Å². The maximum Gasteiger partial charge on any atom is 0.00501 e. The van der Waals surface area contributed by atoms with Crippen molar-refractivity contribution >= 4 is 0 Å². The van der Waals surface area contributed by atoms with E-state index < -0.39 is 0 Å². The first kappa shape index (κ1) is 10.4. The van der Waals surface area contributed by atoms with Crippen LogP contribution >= 0.6 is 0 Å². The molecule has 0 aromatic carbocycles. The van der Waals surface area contributed by atoms with Crippen molar-refractivity contribution in [3.05, 3.63) is 0 Å². The van der Waals surface area contributed by atoms with Crippen LogP contribution in [0.1, 0.15) is 39.0 Å². The smallest absolute Gasteiger partial charge is 0.00501 e. The molecule has 14 heavy (non-hydrogen) atoms. The van der Waals surface area contributed by atoms with Crippen LogP contribution in [-0.2, 0) is 0 Å². The van der Waals surface area contributed by atoms with E-state index in [0.717, 1.165) is 12.5 Å². The minimum atomic E-state index is 0.535. The summed E-state index contributed by atoms with van der Waals surface area (Å²) < 4.78 is 0. The Hall–Kier alpha value is -0.0800. The summed E-state index contributed by atoms with van der Waals surface area (Å²) in [6.07, 6.45) is 6.94. The Bertz CT molecular complexity index is 187. The Kier molecular flexibility index (Phi) is 3.13. The number of likely N-dealkylation sites (tertiary alicyclic amines) is 1. The lowest BCUT2D eigenvalue weighted by Gasteiger charge is -2.25. The van der Waals surface area contributed by atoms with Crippen molar-refractivity contribution < 1.29 is 0 Å². The summed E-state index contributed by atoms with van der Waals surface area (Å²) in [5, 5.41) is 0. The molecule has 2 aliphatic rings. The van der Waals surface area contributed by atoms with Gasteiger partial charge in [0.2, 0.25) is 0 Å². The molecule has 2 heteroatoms. The van der Waals surface area contributed by atoms with Gasteiger partial charge in [-0.05, 0) is 63.1 Å². The van der Waals surface area contributed by atoms with E-state index in [1.165, 1.54) is 51.7 Å². The first-order valence-electron chi connectivity index (χ1n) is 6.16. The van der Waals surface area contributed by atoms with Crippen molar-refractivity contribution in [2.24, 2.45) is 17.1 Å². The molecule has 0 bridgehead atoms. The Morgan fingerprint density at radius 1 is 1.29 bits per heavy atom. The van der Waals surface area contributed by atoms with E-state index in [9.17, 15) is 0 Å². The summed E-state index contributed by atoms with van der Waals surface area (Å²) in [7, 11) is 0. The third-order valence-corrected chi connectivity index (χ3v) is 4.06. The average Bonchev–Trinajstić information content (AvgIpc) is 2.95. The van der Waals surface area contributed by atoms with Crippen molar-refractivity contribution in [1.29, 1.82) is 0 Å². The number of hydrogen-bond acceptors (Lipinski definition) is 2.